The van der Waals surface area contributed by atoms with Crippen LogP contribution in [0.4, 0.5) is 0 Å². The Labute approximate surface area is 323 Å². The number of rotatable bonds is 7. The molecule has 0 radical (unpaired) electrons. The van der Waals surface area contributed by atoms with Crippen LogP contribution in [0.15, 0.2) is 88.5 Å². The maximum Gasteiger partial charge on any atom is 0.329 e. The van der Waals surface area contributed by atoms with Crippen molar-refractivity contribution in [1.82, 2.24) is 15.5 Å². The normalized spacial score (nSPS) is 27.6. The second-order valence-electron chi connectivity index (χ2n) is 14.3. The number of methoxy groups -OCH3 is 1. The molecule has 0 aliphatic carbocycles. The number of aromatic hydroxyl groups is 1. The third-order valence-corrected chi connectivity index (χ3v) is 10.5. The van der Waals surface area contributed by atoms with E-state index in [1.165, 1.54) is 11.0 Å². The van der Waals surface area contributed by atoms with E-state index in [1.54, 1.807) is 33.2 Å². The number of benzene rings is 2. The number of esters is 1. The number of phenolic OH excluding ortho intramolecular Hbond substituents is 1. The molecule has 0 aromatic heterocycles. The Morgan fingerprint density at radius 3 is 2.30 bits per heavy atom. The Kier molecular flexibility index (Phi) is 16.5. The Hall–Kier alpha value is -4.22. The molecule has 1 aliphatic heterocycles. The van der Waals surface area contributed by atoms with Gasteiger partial charge in [-0.1, -0.05) is 102 Å². The summed E-state index contributed by atoms with van der Waals surface area (Å²) in [5.74, 6) is -2.88. The van der Waals surface area contributed by atoms with E-state index in [1.807, 2.05) is 96.2 Å². The molecule has 0 fully saturated rings. The van der Waals surface area contributed by atoms with E-state index < -0.39 is 42.0 Å². The molecule has 10 nitrogen and oxygen atoms in total. The summed E-state index contributed by atoms with van der Waals surface area (Å²) in [6, 6.07) is 11.2. The Morgan fingerprint density at radius 2 is 1.70 bits per heavy atom. The monoisotopic (exact) mass is 793 g/mol. The third-order valence-electron chi connectivity index (χ3n) is 9.88. The summed E-state index contributed by atoms with van der Waals surface area (Å²) in [6.07, 6.45) is 7.73. The van der Waals surface area contributed by atoms with Gasteiger partial charge >= 0.3 is 5.97 Å². The van der Waals surface area contributed by atoms with Gasteiger partial charge in [-0.2, -0.15) is 0 Å². The number of hydrogen-bond donors (Lipinski definition) is 3. The van der Waals surface area contributed by atoms with Gasteiger partial charge in [0.25, 0.3) is 0 Å². The van der Waals surface area contributed by atoms with Crippen LogP contribution in [-0.2, 0) is 35.1 Å². The molecular formula is C42H56BrN3O7. The lowest BCUT2D eigenvalue weighted by Crippen LogP contribution is -2.58. The number of halogens is 1. The zero-order valence-corrected chi connectivity index (χ0v) is 34.0. The van der Waals surface area contributed by atoms with Gasteiger partial charge in [0, 0.05) is 32.1 Å². The highest BCUT2D eigenvalue weighted by Gasteiger charge is 2.36. The summed E-state index contributed by atoms with van der Waals surface area (Å²) in [7, 11) is 3.21. The predicted octanol–water partition coefficient (Wildman–Crippen LogP) is 6.98. The molecule has 11 heteroatoms. The predicted molar refractivity (Wildman–Crippen MR) is 211 cm³/mol. The van der Waals surface area contributed by atoms with Crippen LogP contribution in [0.25, 0.3) is 0 Å². The third kappa shape index (κ3) is 11.9. The van der Waals surface area contributed by atoms with Gasteiger partial charge in [0.1, 0.15) is 30.0 Å². The molecule has 2 aromatic rings. The molecule has 0 unspecified atom stereocenters. The van der Waals surface area contributed by atoms with Crippen molar-refractivity contribution in [3.8, 4) is 5.75 Å². The molecule has 53 heavy (non-hydrogen) atoms. The van der Waals surface area contributed by atoms with Gasteiger partial charge in [0.15, 0.2) is 0 Å². The number of carbonyl (C=O) groups excluding carboxylic acids is 4. The molecule has 0 spiro atoms. The fourth-order valence-electron chi connectivity index (χ4n) is 6.32. The lowest BCUT2D eigenvalue weighted by atomic mass is 9.95. The number of carbonyl (C=O) groups is 4. The van der Waals surface area contributed by atoms with Crippen molar-refractivity contribution in [1.29, 1.82) is 0 Å². The number of amides is 3. The summed E-state index contributed by atoms with van der Waals surface area (Å²) >= 11 is 3.34. The molecule has 288 valence electrons. The first kappa shape index (κ1) is 43.2. The van der Waals surface area contributed by atoms with Crippen LogP contribution < -0.4 is 10.6 Å². The van der Waals surface area contributed by atoms with Crippen molar-refractivity contribution in [3.63, 3.8) is 0 Å². The van der Waals surface area contributed by atoms with Gasteiger partial charge < -0.3 is 30.1 Å². The highest BCUT2D eigenvalue weighted by molar-refractivity contribution is 9.10. The molecule has 2 aromatic carbocycles. The largest absolute Gasteiger partial charge is 0.507 e. The van der Waals surface area contributed by atoms with Gasteiger partial charge in [0.2, 0.25) is 17.7 Å². The van der Waals surface area contributed by atoms with Gasteiger partial charge in [-0.05, 0) is 76.9 Å². The molecule has 1 aliphatic rings. The quantitative estimate of drug-likeness (QED) is 0.258. The second-order valence-corrected chi connectivity index (χ2v) is 15.2. The standard InChI is InChI=1S/C42H56BrN3O7/c1-10-26(4)37-40(49)44-33(24-30-20-21-34(47)32(43)23-30)39(48)45-36(25(2)3)42(51)53-38(31-17-12-11-13-18-31)28(6)16-14-15-27(5)35(52-9)22-19-29(7)41(50)46(37)8/h11-21,23,25-26,28,33,35-38,47H,10,22,24H2,1-9H3,(H,44,49)(H,45,48)/b16-14+,27-15+,29-19+/t26-,28+,33+,35+,36-,37-,38-/m0/s1. The number of phenols is 1. The van der Waals surface area contributed by atoms with E-state index in [4.69, 9.17) is 9.47 Å². The zero-order valence-electron chi connectivity index (χ0n) is 32.4. The van der Waals surface area contributed by atoms with Gasteiger partial charge in [-0.25, -0.2) is 4.79 Å². The Morgan fingerprint density at radius 1 is 1.02 bits per heavy atom. The first-order valence-corrected chi connectivity index (χ1v) is 19.0. The molecule has 0 saturated heterocycles. The summed E-state index contributed by atoms with van der Waals surface area (Å²) in [4.78, 5) is 57.7. The Bertz CT molecular complexity index is 1670. The SMILES string of the molecule is CC[C@H](C)[C@H]1C(=O)N[C@H](Cc2ccc(O)c(Br)c2)C(=O)N[C@@H](C(C)C)C(=O)O[C@H](c2ccccc2)[C@H](C)/C=C/C=C(\C)[C@H](OC)C/C=C(\C)C(=O)N1C. The van der Waals surface area contributed by atoms with E-state index in [2.05, 4.69) is 26.6 Å². The maximum atomic E-state index is 14.2. The molecule has 0 saturated carbocycles. The number of cyclic esters (lactones) is 1. The van der Waals surface area contributed by atoms with E-state index in [0.29, 0.717) is 28.5 Å². The van der Waals surface area contributed by atoms with Crippen LogP contribution in [0.2, 0.25) is 0 Å². The van der Waals surface area contributed by atoms with E-state index in [9.17, 15) is 24.3 Å². The zero-order chi connectivity index (χ0) is 39.4. The summed E-state index contributed by atoms with van der Waals surface area (Å²) in [6.45, 7) is 13.1. The lowest BCUT2D eigenvalue weighted by Gasteiger charge is -2.33. The van der Waals surface area contributed by atoms with Crippen molar-refractivity contribution in [2.24, 2.45) is 17.8 Å². The fourth-order valence-corrected chi connectivity index (χ4v) is 6.75. The maximum absolute atomic E-state index is 14.2. The average Bonchev–Trinajstić information content (AvgIpc) is 3.13. The van der Waals surface area contributed by atoms with Crippen molar-refractivity contribution >= 4 is 39.6 Å². The van der Waals surface area contributed by atoms with Crippen LogP contribution >= 0.6 is 15.9 Å². The van der Waals surface area contributed by atoms with Crippen molar-refractivity contribution < 1.29 is 33.8 Å². The number of likely N-dealkylation sites (N-methyl/N-ethyl adjacent to an activating group) is 1. The van der Waals surface area contributed by atoms with Crippen LogP contribution in [0.1, 0.15) is 78.5 Å². The molecular weight excluding hydrogens is 738 g/mol. The highest BCUT2D eigenvalue weighted by atomic mass is 79.9. The van der Waals surface area contributed by atoms with Crippen molar-refractivity contribution in [3.05, 3.63) is 99.6 Å². The number of nitrogens with one attached hydrogen (secondary N) is 2. The highest BCUT2D eigenvalue weighted by Crippen LogP contribution is 2.29. The van der Waals surface area contributed by atoms with Gasteiger partial charge in [-0.15, -0.1) is 0 Å². The van der Waals surface area contributed by atoms with Crippen LogP contribution in [0, 0.1) is 17.8 Å². The van der Waals surface area contributed by atoms with E-state index in [-0.39, 0.29) is 41.9 Å². The lowest BCUT2D eigenvalue weighted by molar-refractivity contribution is -0.156. The first-order chi connectivity index (χ1) is 25.1. The molecule has 7 atom stereocenters. The van der Waals surface area contributed by atoms with Crippen LogP contribution in [-0.4, -0.2) is 72.1 Å². The van der Waals surface area contributed by atoms with Crippen molar-refractivity contribution in [2.75, 3.05) is 14.2 Å². The minimum absolute atomic E-state index is 0.0250. The summed E-state index contributed by atoms with van der Waals surface area (Å²) in [5.41, 5.74) is 2.84. The topological polar surface area (TPSA) is 134 Å². The molecule has 3 N–H and O–H groups in total. The van der Waals surface area contributed by atoms with Crippen LogP contribution in [0.5, 0.6) is 5.75 Å². The van der Waals surface area contributed by atoms with Gasteiger partial charge in [-0.3, -0.25) is 14.4 Å². The minimum atomic E-state index is -1.14. The number of nitrogens with zero attached hydrogens (tertiary/aromatic N) is 1. The number of ether oxygens (including phenoxy) is 2. The Balaban J connectivity index is 2.16. The second kappa shape index (κ2) is 20.3. The molecule has 0 bridgehead atoms. The van der Waals surface area contributed by atoms with E-state index >= 15 is 0 Å². The smallest absolute Gasteiger partial charge is 0.329 e. The number of allylic oxidation sites excluding steroid dienone is 2. The van der Waals surface area contributed by atoms with Gasteiger partial charge in [0.05, 0.1) is 10.6 Å². The minimum Gasteiger partial charge on any atom is -0.507 e. The fraction of sp³-hybridized carbons (Fsp3) is 0.476. The first-order valence-electron chi connectivity index (χ1n) is 18.2. The molecule has 3 amide bonds. The molecule has 1 heterocycles. The molecule has 3 rings (SSSR count). The summed E-state index contributed by atoms with van der Waals surface area (Å²) in [5, 5.41) is 15.9. The average molecular weight is 795 g/mol. The number of hydrogen-bond acceptors (Lipinski definition) is 7. The summed E-state index contributed by atoms with van der Waals surface area (Å²) < 4.78 is 12.4. The van der Waals surface area contributed by atoms with Crippen LogP contribution in [0.3, 0.4) is 0 Å². The van der Waals surface area contributed by atoms with Crippen molar-refractivity contribution in [2.45, 2.75) is 98.1 Å². The van der Waals surface area contributed by atoms with E-state index in [0.717, 1.165) is 11.1 Å².